The fraction of sp³-hybridized carbons (Fsp3) is 0.621. The van der Waals surface area contributed by atoms with Gasteiger partial charge in [0.05, 0.1) is 31.2 Å². The first-order valence-electron chi connectivity index (χ1n) is 28.3. The minimum absolute atomic E-state index is 0.0968. The topological polar surface area (TPSA) is 310 Å². The number of nitrogens with one attached hydrogen (secondary N) is 5. The third kappa shape index (κ3) is 18.5. The van der Waals surface area contributed by atoms with Gasteiger partial charge in [-0.2, -0.15) is 0 Å². The van der Waals surface area contributed by atoms with Crippen molar-refractivity contribution in [3.05, 3.63) is 58.7 Å². The van der Waals surface area contributed by atoms with Crippen molar-refractivity contribution in [3.63, 3.8) is 0 Å². The number of imide groups is 1. The number of ether oxygens (including phenoxy) is 5. The second kappa shape index (κ2) is 31.0. The minimum atomic E-state index is -1.88. The highest BCUT2D eigenvalue weighted by Gasteiger charge is 2.64. The molecule has 4 heterocycles. The number of hydrogen-bond acceptors (Lipinski definition) is 17. The smallest absolute Gasteiger partial charge is 0.409 e. The molecular weight excluding hydrogens is 1130 g/mol. The third-order valence-electron chi connectivity index (χ3n) is 15.5. The van der Waals surface area contributed by atoms with Crippen LogP contribution in [0.25, 0.3) is 0 Å². The van der Waals surface area contributed by atoms with Crippen LogP contribution in [0, 0.1) is 5.92 Å². The zero-order chi connectivity index (χ0) is 62.2. The summed E-state index contributed by atoms with van der Waals surface area (Å²) in [6, 6.07) is -0.416. The molecule has 24 nitrogen and oxygen atoms in total. The Labute approximate surface area is 500 Å². The number of thioether (sulfide) groups is 1. The molecule has 4 aliphatic rings. The highest BCUT2D eigenvalue weighted by molar-refractivity contribution is 7.99. The number of carbonyl (C=O) groups is 10. The second-order valence-corrected chi connectivity index (χ2v) is 23.5. The number of nitrogens with zero attached hydrogens (tertiary/aromatic N) is 3. The van der Waals surface area contributed by atoms with Gasteiger partial charge in [-0.25, -0.2) is 9.59 Å². The van der Waals surface area contributed by atoms with Crippen molar-refractivity contribution in [2.45, 2.75) is 179 Å². The molecule has 9 amide bonds. The number of allylic oxidation sites excluding steroid dienone is 3. The molecule has 2 fully saturated rings. The van der Waals surface area contributed by atoms with E-state index >= 15 is 0 Å². The number of unbranched alkanes of at least 4 members (excludes halogenated alkanes) is 4. The number of methoxy groups -OCH3 is 2. The van der Waals surface area contributed by atoms with Crippen LogP contribution in [0.2, 0.25) is 5.02 Å². The Hall–Kier alpha value is -6.54. The van der Waals surface area contributed by atoms with E-state index in [1.807, 2.05) is 13.0 Å². The summed E-state index contributed by atoms with van der Waals surface area (Å²) >= 11 is 8.27. The molecule has 0 aliphatic carbocycles. The first-order valence-corrected chi connectivity index (χ1v) is 29.8. The van der Waals surface area contributed by atoms with Crippen molar-refractivity contribution in [1.29, 1.82) is 0 Å². The van der Waals surface area contributed by atoms with E-state index in [-0.39, 0.29) is 66.8 Å². The van der Waals surface area contributed by atoms with Crippen LogP contribution >= 0.6 is 23.4 Å². The lowest BCUT2D eigenvalue weighted by Gasteiger charge is -2.42. The van der Waals surface area contributed by atoms with Crippen molar-refractivity contribution in [2.75, 3.05) is 51.4 Å². The number of amides is 9. The number of carbonyl (C=O) groups excluding carboxylic acids is 10. The van der Waals surface area contributed by atoms with Crippen LogP contribution in [0.15, 0.2) is 48.1 Å². The molecule has 11 atom stereocenters. The number of benzene rings is 1. The molecule has 26 heteroatoms. The summed E-state index contributed by atoms with van der Waals surface area (Å²) in [6.45, 7) is 11.6. The molecule has 1 aromatic carbocycles. The largest absolute Gasteiger partial charge is 0.495 e. The molecule has 0 aromatic heterocycles. The average Bonchev–Trinajstić information content (AvgIpc) is 1.77. The molecule has 0 spiro atoms. The average molecular weight is 1220 g/mol. The number of likely N-dealkylation sites (N-methyl/N-ethyl adjacent to an activating group) is 1. The van der Waals surface area contributed by atoms with Crippen LogP contribution in [0.5, 0.6) is 5.75 Å². The van der Waals surface area contributed by atoms with Crippen LogP contribution in [-0.4, -0.2) is 181 Å². The summed E-state index contributed by atoms with van der Waals surface area (Å²) < 4.78 is 29.5. The molecule has 0 radical (unpaired) electrons. The molecule has 4 bridgehead atoms. The van der Waals surface area contributed by atoms with Gasteiger partial charge in [0.2, 0.25) is 35.4 Å². The summed E-state index contributed by atoms with van der Waals surface area (Å²) in [7, 11) is 5.93. The second-order valence-electron chi connectivity index (χ2n) is 22.0. The first-order chi connectivity index (χ1) is 39.6. The van der Waals surface area contributed by atoms with E-state index in [9.17, 15) is 53.1 Å². The van der Waals surface area contributed by atoms with Crippen LogP contribution in [0.3, 0.4) is 0 Å². The molecule has 2 saturated heterocycles. The van der Waals surface area contributed by atoms with E-state index < -0.39 is 102 Å². The maximum atomic E-state index is 14.4. The van der Waals surface area contributed by atoms with Gasteiger partial charge in [0.25, 0.3) is 11.8 Å². The van der Waals surface area contributed by atoms with Crippen molar-refractivity contribution in [2.24, 2.45) is 5.92 Å². The monoisotopic (exact) mass is 1210 g/mol. The number of halogens is 1. The number of anilines is 1. The van der Waals surface area contributed by atoms with Gasteiger partial charge in [0.1, 0.15) is 58.9 Å². The number of rotatable bonds is 25. The predicted molar refractivity (Wildman–Crippen MR) is 312 cm³/mol. The molecule has 6 N–H and O–H groups in total. The Morgan fingerprint density at radius 1 is 0.905 bits per heavy atom. The SMILES string of the molecule is COc1cc2cc(c1Cl)N(C)C(=O)CC(OC(=O)[C@H](C)N(C)C(=O)CCCCCSCNC(=O)[C@H](C)NC(=O)[C@@H](C)NC(=O)[C@H](C)NC(=O)CCCCCN1C(=O)C=CC1=O)[C@]1(C)O[C@H]1[C@H](C)[C@@H]1C[C@@](O)(NC(=O)O1)[C@H](OC)C=C/C=C(/C)C2. The Morgan fingerprint density at radius 2 is 1.54 bits per heavy atom. The quantitative estimate of drug-likeness (QED) is 0.0266. The molecular formula is C58H83ClN8O16S. The Morgan fingerprint density at radius 3 is 2.19 bits per heavy atom. The normalized spacial score (nSPS) is 25.3. The van der Waals surface area contributed by atoms with Crippen LogP contribution in [-0.2, 0) is 68.5 Å². The Kier molecular flexibility index (Phi) is 25.2. The Bertz CT molecular complexity index is 2690. The molecule has 4 aliphatic heterocycles. The van der Waals surface area contributed by atoms with E-state index in [4.69, 9.17) is 35.3 Å². The van der Waals surface area contributed by atoms with Gasteiger partial charge in [-0.15, -0.1) is 11.8 Å². The summed E-state index contributed by atoms with van der Waals surface area (Å²) in [5.74, 6) is -3.66. The molecule has 0 saturated carbocycles. The molecule has 84 heavy (non-hydrogen) atoms. The number of epoxide rings is 1. The van der Waals surface area contributed by atoms with Gasteiger partial charge >= 0.3 is 12.1 Å². The lowest BCUT2D eigenvalue weighted by atomic mass is 9.83. The number of fused-ring (bicyclic) bond motifs is 5. The van der Waals surface area contributed by atoms with Crippen molar-refractivity contribution < 1.29 is 76.7 Å². The minimum Gasteiger partial charge on any atom is -0.495 e. The maximum absolute atomic E-state index is 14.4. The number of alkyl carbamates (subject to hydrolysis) is 1. The van der Waals surface area contributed by atoms with Crippen LogP contribution in [0.4, 0.5) is 10.5 Å². The standard InChI is InChI=1S/C58H83ClN8O16S/c1-33-19-18-20-43(80-11)58(78)31-42(81-56(77)64-58)34(2)51-57(7,83-51)44(30-49(72)66(9)40-28-39(27-33)29-41(79-10)50(40)59)82-55(76)38(6)65(8)46(69)22-15-13-17-26-84-32-60-52(73)35(3)62-54(75)37(5)63-53(74)36(4)61-45(68)21-14-12-16-25-67-47(70)23-24-48(67)71/h18-20,23-24,28-29,34-38,42-44,51,78H,12-17,21-22,25-27,30-32H2,1-11H3,(H,60,73)(H,61,68)(H,62,75)(H,63,74)(H,64,77)/b20-18?,33-19-/t34-,35+,36+,37-,38+,42+,43-,44?,51+,57+,58+/m1/s1. The molecule has 464 valence electrons. The number of aliphatic hydroxyl groups is 1. The lowest BCUT2D eigenvalue weighted by molar-refractivity contribution is -0.162. The summed E-state index contributed by atoms with van der Waals surface area (Å²) in [5.41, 5.74) is -1.15. The lowest BCUT2D eigenvalue weighted by Crippen LogP contribution is -2.63. The van der Waals surface area contributed by atoms with E-state index in [0.29, 0.717) is 62.1 Å². The predicted octanol–water partition coefficient (Wildman–Crippen LogP) is 3.88. The molecule has 5 rings (SSSR count). The highest BCUT2D eigenvalue weighted by Crippen LogP contribution is 2.49. The van der Waals surface area contributed by atoms with Gasteiger partial charge in [0, 0.05) is 65.1 Å². The fourth-order valence-electron chi connectivity index (χ4n) is 9.97. The van der Waals surface area contributed by atoms with Gasteiger partial charge in [-0.3, -0.25) is 48.6 Å². The van der Waals surface area contributed by atoms with Gasteiger partial charge < -0.3 is 59.9 Å². The molecule has 1 unspecified atom stereocenters. The summed E-state index contributed by atoms with van der Waals surface area (Å²) in [5, 5.41) is 25.0. The van der Waals surface area contributed by atoms with Gasteiger partial charge in [-0.05, 0) is 97.1 Å². The van der Waals surface area contributed by atoms with Crippen molar-refractivity contribution in [1.82, 2.24) is 36.4 Å². The van der Waals surface area contributed by atoms with E-state index in [0.717, 1.165) is 16.0 Å². The van der Waals surface area contributed by atoms with E-state index in [1.54, 1.807) is 45.2 Å². The van der Waals surface area contributed by atoms with Gasteiger partial charge in [0.15, 0.2) is 5.72 Å². The van der Waals surface area contributed by atoms with Crippen molar-refractivity contribution in [3.8, 4) is 5.75 Å². The zero-order valence-electron chi connectivity index (χ0n) is 49.8. The van der Waals surface area contributed by atoms with Crippen LogP contribution in [0.1, 0.15) is 118 Å². The van der Waals surface area contributed by atoms with Crippen LogP contribution < -0.4 is 36.2 Å². The maximum Gasteiger partial charge on any atom is 0.409 e. The number of esters is 1. The van der Waals surface area contributed by atoms with E-state index in [2.05, 4.69) is 26.6 Å². The summed E-state index contributed by atoms with van der Waals surface area (Å²) in [6.07, 6.45) is 6.62. The molecule has 1 aromatic rings. The summed E-state index contributed by atoms with van der Waals surface area (Å²) in [4.78, 5) is 133. The van der Waals surface area contributed by atoms with E-state index in [1.165, 1.54) is 82.7 Å². The number of hydrogen-bond donors (Lipinski definition) is 6. The van der Waals surface area contributed by atoms with Gasteiger partial charge in [-0.1, -0.05) is 55.2 Å². The fourth-order valence-corrected chi connectivity index (χ4v) is 11.1. The highest BCUT2D eigenvalue weighted by atomic mass is 35.5. The van der Waals surface area contributed by atoms with Crippen molar-refractivity contribution >= 4 is 88.4 Å². The Balaban J connectivity index is 1.06. The third-order valence-corrected chi connectivity index (χ3v) is 16.8. The zero-order valence-corrected chi connectivity index (χ0v) is 51.4. The first kappa shape index (κ1) is 68.2.